The number of rotatable bonds is 2. The van der Waals surface area contributed by atoms with Crippen molar-refractivity contribution in [1.29, 1.82) is 0 Å². The van der Waals surface area contributed by atoms with Gasteiger partial charge in [-0.05, 0) is 32.1 Å². The van der Waals surface area contributed by atoms with Crippen LogP contribution in [0, 0.1) is 0 Å². The Kier molecular flexibility index (Phi) is 2.39. The molecule has 0 spiro atoms. The highest BCUT2D eigenvalue weighted by atomic mass is 79.9. The molecular weight excluding hydrogens is 256 g/mol. The van der Waals surface area contributed by atoms with Crippen molar-refractivity contribution in [2.75, 3.05) is 0 Å². The molecule has 2 aliphatic rings. The van der Waals surface area contributed by atoms with Gasteiger partial charge >= 0.3 is 0 Å². The van der Waals surface area contributed by atoms with Gasteiger partial charge < -0.3 is 4.42 Å². The molecule has 0 N–H and O–H groups in total. The van der Waals surface area contributed by atoms with Crippen LogP contribution in [0.25, 0.3) is 0 Å². The lowest BCUT2D eigenvalue weighted by molar-refractivity contribution is 0.420. The first-order chi connectivity index (χ1) is 7.34. The predicted molar refractivity (Wildman–Crippen MR) is 59.9 cm³/mol. The summed E-state index contributed by atoms with van der Waals surface area (Å²) in [5.74, 6) is 2.49. The van der Waals surface area contributed by atoms with E-state index in [-0.39, 0.29) is 0 Å². The van der Waals surface area contributed by atoms with Gasteiger partial charge in [-0.15, -0.1) is 10.2 Å². The molecule has 0 aromatic carbocycles. The van der Waals surface area contributed by atoms with Crippen LogP contribution >= 0.6 is 15.9 Å². The monoisotopic (exact) mass is 268 g/mol. The van der Waals surface area contributed by atoms with Crippen molar-refractivity contribution in [1.82, 2.24) is 10.2 Å². The molecule has 0 saturated heterocycles. The van der Waals surface area contributed by atoms with Crippen LogP contribution in [0.1, 0.15) is 55.7 Å². The van der Waals surface area contributed by atoms with Crippen molar-refractivity contribution in [2.45, 2.75) is 43.9 Å². The maximum Gasteiger partial charge on any atom is 0.224 e. The lowest BCUT2D eigenvalue weighted by Crippen LogP contribution is -2.03. The molecular formula is C11H13BrN2O. The Morgan fingerprint density at radius 2 is 2.00 bits per heavy atom. The average Bonchev–Trinajstić information content (AvgIpc) is 2.99. The number of hydrogen-bond acceptors (Lipinski definition) is 3. The molecule has 4 heteroatoms. The summed E-state index contributed by atoms with van der Waals surface area (Å²) in [5.41, 5.74) is 0. The largest absolute Gasteiger partial charge is 0.424 e. The second-order valence-electron chi connectivity index (χ2n) is 4.33. The summed E-state index contributed by atoms with van der Waals surface area (Å²) in [7, 11) is 0. The van der Waals surface area contributed by atoms with Crippen molar-refractivity contribution < 1.29 is 4.42 Å². The summed E-state index contributed by atoms with van der Waals surface area (Å²) in [6.45, 7) is 0. The van der Waals surface area contributed by atoms with Gasteiger partial charge in [0.25, 0.3) is 0 Å². The molecule has 1 aromatic heterocycles. The lowest BCUT2D eigenvalue weighted by atomic mass is 9.96. The Balaban J connectivity index is 1.84. The first-order valence-corrected chi connectivity index (χ1v) is 6.33. The summed E-state index contributed by atoms with van der Waals surface area (Å²) in [5, 5.41) is 8.29. The summed E-state index contributed by atoms with van der Waals surface area (Å²) < 4.78 is 6.93. The highest BCUT2D eigenvalue weighted by Crippen LogP contribution is 2.42. The standard InChI is InChI=1S/C11H13BrN2O/c12-9-4-2-1-3-8(9)11-14-13-10(15-11)7-5-6-7/h4,7-8H,1-3,5-6H2. The number of nitrogens with zero attached hydrogens (tertiary/aromatic N) is 2. The van der Waals surface area contributed by atoms with E-state index in [9.17, 15) is 0 Å². The number of aromatic nitrogens is 2. The van der Waals surface area contributed by atoms with E-state index in [1.54, 1.807) is 0 Å². The highest BCUT2D eigenvalue weighted by molar-refractivity contribution is 9.11. The van der Waals surface area contributed by atoms with E-state index in [4.69, 9.17) is 4.42 Å². The van der Waals surface area contributed by atoms with Crippen molar-refractivity contribution in [3.63, 3.8) is 0 Å². The van der Waals surface area contributed by atoms with Gasteiger partial charge in [0.1, 0.15) is 0 Å². The van der Waals surface area contributed by atoms with E-state index in [0.29, 0.717) is 11.8 Å². The lowest BCUT2D eigenvalue weighted by Gasteiger charge is -2.16. The first kappa shape index (κ1) is 9.58. The fraction of sp³-hybridized carbons (Fsp3) is 0.636. The maximum atomic E-state index is 5.72. The van der Waals surface area contributed by atoms with E-state index in [2.05, 4.69) is 32.2 Å². The van der Waals surface area contributed by atoms with Crippen LogP contribution in [0.3, 0.4) is 0 Å². The van der Waals surface area contributed by atoms with Gasteiger partial charge in [-0.2, -0.15) is 0 Å². The number of hydrogen-bond donors (Lipinski definition) is 0. The predicted octanol–water partition coefficient (Wildman–Crippen LogP) is 3.49. The molecule has 0 radical (unpaired) electrons. The second-order valence-corrected chi connectivity index (χ2v) is 5.24. The normalized spacial score (nSPS) is 26.5. The third-order valence-electron chi connectivity index (χ3n) is 3.05. The van der Waals surface area contributed by atoms with E-state index in [1.807, 2.05) is 0 Å². The minimum absolute atomic E-state index is 0.304. The minimum atomic E-state index is 0.304. The molecule has 3 rings (SSSR count). The molecule has 80 valence electrons. The topological polar surface area (TPSA) is 38.9 Å². The van der Waals surface area contributed by atoms with Crippen LogP contribution in [0.5, 0.6) is 0 Å². The van der Waals surface area contributed by atoms with Gasteiger partial charge in [-0.25, -0.2) is 0 Å². The van der Waals surface area contributed by atoms with Crippen molar-refractivity contribution >= 4 is 15.9 Å². The van der Waals surface area contributed by atoms with Crippen LogP contribution in [0.4, 0.5) is 0 Å². The van der Waals surface area contributed by atoms with Gasteiger partial charge in [-0.1, -0.05) is 22.0 Å². The number of allylic oxidation sites excluding steroid dienone is 2. The molecule has 1 fully saturated rings. The molecule has 15 heavy (non-hydrogen) atoms. The molecule has 0 aliphatic heterocycles. The van der Waals surface area contributed by atoms with Crippen LogP contribution in [0.2, 0.25) is 0 Å². The van der Waals surface area contributed by atoms with Gasteiger partial charge in [0.2, 0.25) is 11.8 Å². The van der Waals surface area contributed by atoms with Crippen LogP contribution < -0.4 is 0 Å². The van der Waals surface area contributed by atoms with E-state index in [0.717, 1.165) is 24.6 Å². The molecule has 1 unspecified atom stereocenters. The van der Waals surface area contributed by atoms with Crippen LogP contribution in [0.15, 0.2) is 15.0 Å². The summed E-state index contributed by atoms with van der Waals surface area (Å²) in [4.78, 5) is 0. The third kappa shape index (κ3) is 1.87. The Bertz CT molecular complexity index is 395. The zero-order valence-corrected chi connectivity index (χ0v) is 10.0. The molecule has 0 amide bonds. The summed E-state index contributed by atoms with van der Waals surface area (Å²) >= 11 is 3.59. The molecule has 0 bridgehead atoms. The SMILES string of the molecule is BrC1=CCCCC1c1nnc(C2CC2)o1. The quantitative estimate of drug-likeness (QED) is 0.824. The van der Waals surface area contributed by atoms with Gasteiger partial charge in [0.05, 0.1) is 5.92 Å². The fourth-order valence-corrected chi connectivity index (χ4v) is 2.62. The van der Waals surface area contributed by atoms with Crippen molar-refractivity contribution in [2.24, 2.45) is 0 Å². The Labute approximate surface area is 97.1 Å². The van der Waals surface area contributed by atoms with Crippen molar-refractivity contribution in [3.8, 4) is 0 Å². The first-order valence-electron chi connectivity index (χ1n) is 5.53. The average molecular weight is 269 g/mol. The molecule has 1 saturated carbocycles. The Morgan fingerprint density at radius 1 is 1.20 bits per heavy atom. The molecule has 1 atom stereocenters. The Hall–Kier alpha value is -0.640. The summed E-state index contributed by atoms with van der Waals surface area (Å²) in [6, 6.07) is 0. The van der Waals surface area contributed by atoms with Gasteiger partial charge in [0, 0.05) is 10.4 Å². The van der Waals surface area contributed by atoms with E-state index >= 15 is 0 Å². The fourth-order valence-electron chi connectivity index (χ4n) is 1.97. The van der Waals surface area contributed by atoms with Crippen molar-refractivity contribution in [3.05, 3.63) is 22.3 Å². The second kappa shape index (κ2) is 3.74. The summed E-state index contributed by atoms with van der Waals surface area (Å²) in [6.07, 6.45) is 8.12. The zero-order chi connectivity index (χ0) is 10.3. The minimum Gasteiger partial charge on any atom is -0.424 e. The maximum absolute atomic E-state index is 5.72. The molecule has 2 aliphatic carbocycles. The molecule has 1 aromatic rings. The number of halogens is 1. The van der Waals surface area contributed by atoms with E-state index < -0.39 is 0 Å². The van der Waals surface area contributed by atoms with Gasteiger partial charge in [0.15, 0.2) is 0 Å². The molecule has 1 heterocycles. The highest BCUT2D eigenvalue weighted by Gasteiger charge is 2.31. The zero-order valence-electron chi connectivity index (χ0n) is 8.45. The Morgan fingerprint density at radius 3 is 2.73 bits per heavy atom. The molecule has 3 nitrogen and oxygen atoms in total. The van der Waals surface area contributed by atoms with E-state index in [1.165, 1.54) is 23.7 Å². The van der Waals surface area contributed by atoms with Crippen LogP contribution in [-0.4, -0.2) is 10.2 Å². The van der Waals surface area contributed by atoms with Gasteiger partial charge in [-0.3, -0.25) is 0 Å². The third-order valence-corrected chi connectivity index (χ3v) is 3.93. The van der Waals surface area contributed by atoms with Crippen LogP contribution in [-0.2, 0) is 0 Å². The smallest absolute Gasteiger partial charge is 0.224 e.